The predicted octanol–water partition coefficient (Wildman–Crippen LogP) is 1.14. The van der Waals surface area contributed by atoms with Crippen molar-refractivity contribution < 1.29 is 9.53 Å². The molecule has 19 heavy (non-hydrogen) atoms. The van der Waals surface area contributed by atoms with Gasteiger partial charge in [0.15, 0.2) is 0 Å². The lowest BCUT2D eigenvalue weighted by molar-refractivity contribution is 0.0858. The third-order valence-electron chi connectivity index (χ3n) is 3.30. The molecule has 2 amide bonds. The van der Waals surface area contributed by atoms with E-state index in [0.29, 0.717) is 6.54 Å². The van der Waals surface area contributed by atoms with Gasteiger partial charge in [0, 0.05) is 31.6 Å². The van der Waals surface area contributed by atoms with Gasteiger partial charge < -0.3 is 19.9 Å². The maximum Gasteiger partial charge on any atom is 0.315 e. The summed E-state index contributed by atoms with van der Waals surface area (Å²) in [6.45, 7) is 5.46. The molecule has 106 valence electrons. The molecule has 0 aromatic carbocycles. The molecule has 0 spiro atoms. The van der Waals surface area contributed by atoms with Crippen LogP contribution in [-0.4, -0.2) is 40.4 Å². The molecule has 0 saturated carbocycles. The van der Waals surface area contributed by atoms with Crippen molar-refractivity contribution in [3.8, 4) is 0 Å². The number of rotatable bonds is 5. The largest absolute Gasteiger partial charge is 0.376 e. The average molecular weight is 266 g/mol. The molecule has 1 aliphatic rings. The van der Waals surface area contributed by atoms with Gasteiger partial charge in [0.2, 0.25) is 0 Å². The first-order valence-corrected chi connectivity index (χ1v) is 6.79. The number of nitrogens with one attached hydrogen (secondary N) is 2. The van der Waals surface area contributed by atoms with Crippen molar-refractivity contribution in [1.82, 2.24) is 20.2 Å². The van der Waals surface area contributed by atoms with Gasteiger partial charge >= 0.3 is 6.03 Å². The molecule has 1 aromatic heterocycles. The minimum absolute atomic E-state index is 0.0444. The summed E-state index contributed by atoms with van der Waals surface area (Å²) in [7, 11) is 0. The van der Waals surface area contributed by atoms with Gasteiger partial charge in [0.25, 0.3) is 0 Å². The summed E-state index contributed by atoms with van der Waals surface area (Å²) < 4.78 is 7.49. The maximum atomic E-state index is 11.8. The molecule has 3 atom stereocenters. The highest BCUT2D eigenvalue weighted by atomic mass is 16.5. The second kappa shape index (κ2) is 6.56. The fourth-order valence-corrected chi connectivity index (χ4v) is 2.32. The molecule has 0 bridgehead atoms. The van der Waals surface area contributed by atoms with Gasteiger partial charge in [-0.1, -0.05) is 0 Å². The summed E-state index contributed by atoms with van der Waals surface area (Å²) in [5, 5.41) is 5.85. The Hall–Kier alpha value is -1.56. The SMILES string of the molecule is CC(Cn1ccnc1)NC(=O)NC(C)C1CCCO1. The van der Waals surface area contributed by atoms with E-state index in [2.05, 4.69) is 15.6 Å². The fourth-order valence-electron chi connectivity index (χ4n) is 2.32. The summed E-state index contributed by atoms with van der Waals surface area (Å²) >= 11 is 0. The molecule has 1 aliphatic heterocycles. The van der Waals surface area contributed by atoms with E-state index in [4.69, 9.17) is 4.74 Å². The lowest BCUT2D eigenvalue weighted by Gasteiger charge is -2.22. The van der Waals surface area contributed by atoms with Crippen LogP contribution in [0.4, 0.5) is 4.79 Å². The standard InChI is InChI=1S/C13H22N4O2/c1-10(8-17-6-5-14-9-17)15-13(18)16-11(2)12-4-3-7-19-12/h5-6,9-12H,3-4,7-8H2,1-2H3,(H2,15,16,18). The Morgan fingerprint density at radius 2 is 2.37 bits per heavy atom. The second-order valence-corrected chi connectivity index (χ2v) is 5.12. The molecule has 2 rings (SSSR count). The van der Waals surface area contributed by atoms with Crippen molar-refractivity contribution in [2.75, 3.05) is 6.61 Å². The molecular weight excluding hydrogens is 244 g/mol. The van der Waals surface area contributed by atoms with Crippen LogP contribution in [-0.2, 0) is 11.3 Å². The van der Waals surface area contributed by atoms with Crippen LogP contribution >= 0.6 is 0 Å². The molecule has 0 aliphatic carbocycles. The predicted molar refractivity (Wildman–Crippen MR) is 71.8 cm³/mol. The summed E-state index contributed by atoms with van der Waals surface area (Å²) in [6, 6.07) is -0.0514. The zero-order valence-corrected chi connectivity index (χ0v) is 11.5. The molecule has 1 aromatic rings. The number of aromatic nitrogens is 2. The first kappa shape index (κ1) is 13.9. The van der Waals surface area contributed by atoms with Crippen molar-refractivity contribution in [2.45, 2.75) is 51.4 Å². The van der Waals surface area contributed by atoms with E-state index < -0.39 is 0 Å². The van der Waals surface area contributed by atoms with Crippen molar-refractivity contribution >= 4 is 6.03 Å². The minimum atomic E-state index is -0.143. The third kappa shape index (κ3) is 4.24. The lowest BCUT2D eigenvalue weighted by Crippen LogP contribution is -2.49. The Bertz CT molecular complexity index is 387. The van der Waals surface area contributed by atoms with E-state index in [1.807, 2.05) is 24.6 Å². The first-order chi connectivity index (χ1) is 9.15. The number of imidazole rings is 1. The Morgan fingerprint density at radius 1 is 1.53 bits per heavy atom. The third-order valence-corrected chi connectivity index (χ3v) is 3.30. The van der Waals surface area contributed by atoms with Crippen LogP contribution in [0.25, 0.3) is 0 Å². The highest BCUT2D eigenvalue weighted by Gasteiger charge is 2.23. The first-order valence-electron chi connectivity index (χ1n) is 6.79. The normalized spacial score (nSPS) is 21.9. The highest BCUT2D eigenvalue weighted by molar-refractivity contribution is 5.74. The zero-order chi connectivity index (χ0) is 13.7. The van der Waals surface area contributed by atoms with E-state index >= 15 is 0 Å². The van der Waals surface area contributed by atoms with E-state index in [1.54, 1.807) is 12.5 Å². The molecule has 2 heterocycles. The Balaban J connectivity index is 1.71. The summed E-state index contributed by atoms with van der Waals surface area (Å²) in [5.41, 5.74) is 0. The summed E-state index contributed by atoms with van der Waals surface area (Å²) in [4.78, 5) is 15.8. The number of urea groups is 1. The van der Waals surface area contributed by atoms with Gasteiger partial charge in [0.1, 0.15) is 0 Å². The molecule has 6 heteroatoms. The van der Waals surface area contributed by atoms with Crippen LogP contribution < -0.4 is 10.6 Å². The molecule has 1 fully saturated rings. The number of nitrogens with zero attached hydrogens (tertiary/aromatic N) is 2. The second-order valence-electron chi connectivity index (χ2n) is 5.12. The summed E-state index contributed by atoms with van der Waals surface area (Å²) in [5.74, 6) is 0. The topological polar surface area (TPSA) is 68.2 Å². The van der Waals surface area contributed by atoms with E-state index in [9.17, 15) is 4.79 Å². The van der Waals surface area contributed by atoms with Crippen LogP contribution in [0.2, 0.25) is 0 Å². The molecule has 2 N–H and O–H groups in total. The zero-order valence-electron chi connectivity index (χ0n) is 11.5. The number of amides is 2. The van der Waals surface area contributed by atoms with Crippen molar-refractivity contribution in [3.05, 3.63) is 18.7 Å². The van der Waals surface area contributed by atoms with Gasteiger partial charge in [-0.05, 0) is 26.7 Å². The van der Waals surface area contributed by atoms with Crippen molar-refractivity contribution in [3.63, 3.8) is 0 Å². The Morgan fingerprint density at radius 3 is 3.00 bits per heavy atom. The molecule has 6 nitrogen and oxygen atoms in total. The molecule has 0 radical (unpaired) electrons. The average Bonchev–Trinajstić information content (AvgIpc) is 3.00. The number of ether oxygens (including phenoxy) is 1. The van der Waals surface area contributed by atoms with Crippen LogP contribution in [0.15, 0.2) is 18.7 Å². The Kier molecular flexibility index (Phi) is 4.79. The number of carbonyl (C=O) groups is 1. The quantitative estimate of drug-likeness (QED) is 0.839. The van der Waals surface area contributed by atoms with E-state index in [0.717, 1.165) is 19.4 Å². The monoisotopic (exact) mass is 266 g/mol. The van der Waals surface area contributed by atoms with Gasteiger partial charge in [0.05, 0.1) is 18.5 Å². The highest BCUT2D eigenvalue weighted by Crippen LogP contribution is 2.15. The van der Waals surface area contributed by atoms with Crippen molar-refractivity contribution in [2.24, 2.45) is 0 Å². The maximum absolute atomic E-state index is 11.8. The van der Waals surface area contributed by atoms with Gasteiger partial charge in [-0.25, -0.2) is 9.78 Å². The van der Waals surface area contributed by atoms with Gasteiger partial charge in [-0.15, -0.1) is 0 Å². The van der Waals surface area contributed by atoms with Crippen LogP contribution in [0.5, 0.6) is 0 Å². The molecular formula is C13H22N4O2. The lowest BCUT2D eigenvalue weighted by atomic mass is 10.1. The van der Waals surface area contributed by atoms with E-state index in [-0.39, 0.29) is 24.2 Å². The number of hydrogen-bond acceptors (Lipinski definition) is 3. The van der Waals surface area contributed by atoms with Crippen LogP contribution in [0.3, 0.4) is 0 Å². The molecule has 1 saturated heterocycles. The smallest absolute Gasteiger partial charge is 0.315 e. The molecule has 3 unspecified atom stereocenters. The van der Waals surface area contributed by atoms with E-state index in [1.165, 1.54) is 0 Å². The number of carbonyl (C=O) groups excluding carboxylic acids is 1. The van der Waals surface area contributed by atoms with Crippen LogP contribution in [0.1, 0.15) is 26.7 Å². The summed E-state index contributed by atoms with van der Waals surface area (Å²) in [6.07, 6.45) is 7.60. The minimum Gasteiger partial charge on any atom is -0.376 e. The number of hydrogen-bond donors (Lipinski definition) is 2. The van der Waals surface area contributed by atoms with Crippen LogP contribution in [0, 0.1) is 0 Å². The fraction of sp³-hybridized carbons (Fsp3) is 0.692. The van der Waals surface area contributed by atoms with Gasteiger partial charge in [-0.2, -0.15) is 0 Å². The van der Waals surface area contributed by atoms with Gasteiger partial charge in [-0.3, -0.25) is 0 Å². The Labute approximate surface area is 113 Å². The van der Waals surface area contributed by atoms with Crippen molar-refractivity contribution in [1.29, 1.82) is 0 Å².